The number of hydrogen-bond donors (Lipinski definition) is 2. The Labute approximate surface area is 177 Å². The average Bonchev–Trinajstić information content (AvgIpc) is 2.85. The zero-order valence-corrected chi connectivity index (χ0v) is 17.1. The van der Waals surface area contributed by atoms with Crippen molar-refractivity contribution in [3.05, 3.63) is 47.5 Å². The van der Waals surface area contributed by atoms with Crippen LogP contribution in [-0.4, -0.2) is 88.3 Å². The standard InChI is InChI=1S/C15H15N3O7S.Na/c16-11(19)6-10-7-17(13-12(10)18(14(13)20)26(22,23)24)15(21)25-8-9-4-2-1-3-5-9;/h1-6,12-13H,7-8H2,(H2,16,19)(H,22,23,24);/t12-,13+;/m1./s1. The van der Waals surface area contributed by atoms with Gasteiger partial charge in [-0.15, -0.1) is 0 Å². The predicted molar refractivity (Wildman–Crippen MR) is 92.3 cm³/mol. The Kier molecular flexibility index (Phi) is 6.32. The number of nitrogens with zero attached hydrogens (tertiary/aromatic N) is 2. The topological polar surface area (TPSA) is 147 Å². The number of primary amides is 1. The normalized spacial score (nSPS) is 22.7. The Morgan fingerprint density at radius 2 is 1.89 bits per heavy atom. The van der Waals surface area contributed by atoms with Crippen LogP contribution in [0.5, 0.6) is 0 Å². The van der Waals surface area contributed by atoms with Gasteiger partial charge < -0.3 is 10.5 Å². The number of rotatable bonds is 4. The maximum Gasteiger partial charge on any atom is 0.411 e. The first-order valence-electron chi connectivity index (χ1n) is 7.48. The van der Waals surface area contributed by atoms with Crippen LogP contribution in [0, 0.1) is 0 Å². The smallest absolute Gasteiger partial charge is 0.411 e. The van der Waals surface area contributed by atoms with Crippen LogP contribution >= 0.6 is 0 Å². The number of benzene rings is 1. The van der Waals surface area contributed by atoms with E-state index in [0.717, 1.165) is 16.5 Å². The minimum Gasteiger partial charge on any atom is -0.445 e. The van der Waals surface area contributed by atoms with Crippen LogP contribution in [-0.2, 0) is 31.2 Å². The van der Waals surface area contributed by atoms with Crippen molar-refractivity contribution in [2.45, 2.75) is 18.7 Å². The number of β-lactam (4-membered cyclic amide) rings is 1. The molecule has 3 amide bonds. The molecule has 27 heavy (non-hydrogen) atoms. The van der Waals surface area contributed by atoms with Gasteiger partial charge in [0.25, 0.3) is 5.91 Å². The number of carbonyl (C=O) groups is 3. The molecule has 2 aliphatic heterocycles. The molecule has 0 unspecified atom stereocenters. The summed E-state index contributed by atoms with van der Waals surface area (Å²) >= 11 is 0. The van der Waals surface area contributed by atoms with Crippen molar-refractivity contribution in [3.8, 4) is 0 Å². The quantitative estimate of drug-likeness (QED) is 0.285. The summed E-state index contributed by atoms with van der Waals surface area (Å²) in [4.78, 5) is 36.6. The third-order valence-corrected chi connectivity index (χ3v) is 5.01. The van der Waals surface area contributed by atoms with Gasteiger partial charge in [0.05, 0.1) is 0 Å². The molecule has 139 valence electrons. The van der Waals surface area contributed by atoms with E-state index in [4.69, 9.17) is 10.5 Å². The average molecular weight is 404 g/mol. The van der Waals surface area contributed by atoms with E-state index in [-0.39, 0.29) is 52.6 Å². The molecule has 12 heteroatoms. The maximum absolute atomic E-state index is 12.3. The molecule has 0 aliphatic carbocycles. The minimum atomic E-state index is -4.83. The molecule has 2 aliphatic rings. The molecule has 0 spiro atoms. The molecule has 2 heterocycles. The Morgan fingerprint density at radius 3 is 2.44 bits per heavy atom. The van der Waals surface area contributed by atoms with Gasteiger partial charge in [-0.3, -0.25) is 19.0 Å². The fourth-order valence-corrected chi connectivity index (χ4v) is 3.92. The van der Waals surface area contributed by atoms with E-state index in [2.05, 4.69) is 0 Å². The van der Waals surface area contributed by atoms with E-state index in [1.165, 1.54) is 0 Å². The Hall–Kier alpha value is -1.92. The molecule has 1 radical (unpaired) electrons. The summed E-state index contributed by atoms with van der Waals surface area (Å²) in [5, 5.41) is 0. The number of carbonyl (C=O) groups excluding carboxylic acids is 3. The first-order chi connectivity index (χ1) is 12.2. The van der Waals surface area contributed by atoms with E-state index in [1.807, 2.05) is 0 Å². The van der Waals surface area contributed by atoms with Crippen molar-refractivity contribution in [3.63, 3.8) is 0 Å². The van der Waals surface area contributed by atoms with Gasteiger partial charge >= 0.3 is 16.4 Å². The van der Waals surface area contributed by atoms with Crippen LogP contribution in [0.2, 0.25) is 0 Å². The Bertz CT molecular complexity index is 903. The Morgan fingerprint density at radius 1 is 1.26 bits per heavy atom. The van der Waals surface area contributed by atoms with Crippen molar-refractivity contribution in [2.24, 2.45) is 5.73 Å². The fourth-order valence-electron chi connectivity index (χ4n) is 3.05. The molecule has 0 bridgehead atoms. The molecule has 0 saturated carbocycles. The fraction of sp³-hybridized carbons (Fsp3) is 0.267. The molecule has 1 aromatic carbocycles. The molecule has 2 saturated heterocycles. The third-order valence-electron chi connectivity index (χ3n) is 4.11. The predicted octanol–water partition coefficient (Wildman–Crippen LogP) is -0.948. The SMILES string of the molecule is NC(=O)C=C1CN(C(=O)OCc2ccccc2)[C@@H]2C(=O)N(S(=O)(=O)O)[C@H]12.[Na]. The number of ether oxygens (including phenoxy) is 1. The number of amides is 3. The molecule has 10 nitrogen and oxygen atoms in total. The summed E-state index contributed by atoms with van der Waals surface area (Å²) < 4.78 is 37.3. The van der Waals surface area contributed by atoms with E-state index >= 15 is 0 Å². The van der Waals surface area contributed by atoms with Gasteiger partial charge in [-0.2, -0.15) is 8.42 Å². The molecular formula is C15H15N3NaO7S. The molecule has 3 rings (SSSR count). The van der Waals surface area contributed by atoms with Gasteiger partial charge in [-0.25, -0.2) is 9.10 Å². The van der Waals surface area contributed by atoms with Crippen LogP contribution in [0.3, 0.4) is 0 Å². The number of hydrogen-bond acceptors (Lipinski definition) is 6. The Balaban J connectivity index is 0.00000261. The van der Waals surface area contributed by atoms with Gasteiger partial charge in [0, 0.05) is 42.2 Å². The van der Waals surface area contributed by atoms with E-state index in [1.54, 1.807) is 30.3 Å². The molecular weight excluding hydrogens is 389 g/mol. The molecule has 0 aromatic heterocycles. The monoisotopic (exact) mass is 404 g/mol. The van der Waals surface area contributed by atoms with E-state index < -0.39 is 40.3 Å². The van der Waals surface area contributed by atoms with E-state index in [9.17, 15) is 27.4 Å². The molecule has 1 aromatic rings. The van der Waals surface area contributed by atoms with E-state index in [0.29, 0.717) is 0 Å². The van der Waals surface area contributed by atoms with Crippen LogP contribution in [0.15, 0.2) is 42.0 Å². The maximum atomic E-state index is 12.3. The largest absolute Gasteiger partial charge is 0.445 e. The molecule has 3 N–H and O–H groups in total. The second kappa shape index (κ2) is 7.98. The molecule has 2 fully saturated rings. The van der Waals surface area contributed by atoms with Crippen molar-refractivity contribution >= 4 is 57.8 Å². The first kappa shape index (κ1) is 21.4. The van der Waals surface area contributed by atoms with Crippen molar-refractivity contribution < 1.29 is 32.1 Å². The van der Waals surface area contributed by atoms with Crippen LogP contribution < -0.4 is 5.73 Å². The minimum absolute atomic E-state index is 0. The number of nitrogens with two attached hydrogens (primary N) is 1. The van der Waals surface area contributed by atoms with Crippen molar-refractivity contribution in [1.82, 2.24) is 9.21 Å². The summed E-state index contributed by atoms with van der Waals surface area (Å²) in [6.07, 6.45) is 0.0901. The summed E-state index contributed by atoms with van der Waals surface area (Å²) in [7, 11) is -4.83. The first-order valence-corrected chi connectivity index (χ1v) is 8.87. The number of likely N-dealkylation sites (tertiary alicyclic amines) is 1. The third kappa shape index (κ3) is 4.17. The summed E-state index contributed by atoms with van der Waals surface area (Å²) in [5.41, 5.74) is 5.93. The van der Waals surface area contributed by atoms with Crippen LogP contribution in [0.4, 0.5) is 4.79 Å². The van der Waals surface area contributed by atoms with Crippen LogP contribution in [0.1, 0.15) is 5.56 Å². The van der Waals surface area contributed by atoms with Gasteiger partial charge in [0.15, 0.2) is 0 Å². The van der Waals surface area contributed by atoms with Gasteiger partial charge in [-0.1, -0.05) is 30.3 Å². The number of fused-ring (bicyclic) bond motifs is 1. The zero-order chi connectivity index (χ0) is 19.1. The van der Waals surface area contributed by atoms with Crippen molar-refractivity contribution in [2.75, 3.05) is 6.54 Å². The van der Waals surface area contributed by atoms with Gasteiger partial charge in [0.2, 0.25) is 5.91 Å². The van der Waals surface area contributed by atoms with Gasteiger partial charge in [0.1, 0.15) is 18.7 Å². The summed E-state index contributed by atoms with van der Waals surface area (Å²) in [5.74, 6) is -1.85. The van der Waals surface area contributed by atoms with Gasteiger partial charge in [-0.05, 0) is 11.1 Å². The van der Waals surface area contributed by atoms with Crippen molar-refractivity contribution in [1.29, 1.82) is 0 Å². The van der Waals surface area contributed by atoms with Crippen LogP contribution in [0.25, 0.3) is 0 Å². The second-order valence-corrected chi connectivity index (χ2v) is 7.08. The second-order valence-electron chi connectivity index (χ2n) is 5.79. The summed E-state index contributed by atoms with van der Waals surface area (Å²) in [6, 6.07) is 6.47. The summed E-state index contributed by atoms with van der Waals surface area (Å²) in [6.45, 7) is -0.262. The molecule has 2 atom stereocenters. The zero-order valence-electron chi connectivity index (χ0n) is 14.3.